The van der Waals surface area contributed by atoms with E-state index >= 15 is 0 Å². The number of rotatable bonds is 4. The molecule has 0 saturated carbocycles. The Bertz CT molecular complexity index is 614. The molecule has 0 aliphatic rings. The Morgan fingerprint density at radius 3 is 2.40 bits per heavy atom. The number of benzene rings is 2. The van der Waals surface area contributed by atoms with E-state index in [-0.39, 0.29) is 10.9 Å². The van der Waals surface area contributed by atoms with Gasteiger partial charge in [0.2, 0.25) is 5.91 Å². The van der Waals surface area contributed by atoms with Crippen molar-refractivity contribution >= 4 is 28.9 Å². The lowest BCUT2D eigenvalue weighted by Gasteiger charge is -2.08. The van der Waals surface area contributed by atoms with E-state index in [1.807, 2.05) is 12.1 Å². The van der Waals surface area contributed by atoms with Gasteiger partial charge < -0.3 is 10.6 Å². The first-order chi connectivity index (χ1) is 9.54. The molecule has 0 aliphatic heterocycles. The standard InChI is InChI=1S/C15H14ClFN2O/c1-10(20)19-13-5-3-12(4-6-13)18-9-11-2-7-14(16)15(17)8-11/h2-8,18H,9H2,1H3,(H,19,20). The third kappa shape index (κ3) is 3.96. The molecule has 5 heteroatoms. The summed E-state index contributed by atoms with van der Waals surface area (Å²) in [5.41, 5.74) is 2.42. The summed E-state index contributed by atoms with van der Waals surface area (Å²) >= 11 is 5.63. The molecule has 0 aliphatic carbocycles. The van der Waals surface area contributed by atoms with E-state index in [9.17, 15) is 9.18 Å². The lowest BCUT2D eigenvalue weighted by molar-refractivity contribution is -0.114. The molecule has 2 N–H and O–H groups in total. The summed E-state index contributed by atoms with van der Waals surface area (Å²) < 4.78 is 13.3. The summed E-state index contributed by atoms with van der Waals surface area (Å²) in [5, 5.41) is 5.97. The van der Waals surface area contributed by atoms with Crippen LogP contribution in [0.1, 0.15) is 12.5 Å². The molecule has 0 radical (unpaired) electrons. The monoisotopic (exact) mass is 292 g/mol. The van der Waals surface area contributed by atoms with Gasteiger partial charge in [0.1, 0.15) is 5.82 Å². The van der Waals surface area contributed by atoms with Crippen molar-refractivity contribution < 1.29 is 9.18 Å². The van der Waals surface area contributed by atoms with Crippen molar-refractivity contribution in [2.24, 2.45) is 0 Å². The predicted molar refractivity (Wildman–Crippen MR) is 79.5 cm³/mol. The lowest BCUT2D eigenvalue weighted by Crippen LogP contribution is -2.05. The Morgan fingerprint density at radius 2 is 1.80 bits per heavy atom. The highest BCUT2D eigenvalue weighted by Gasteiger charge is 2.01. The minimum Gasteiger partial charge on any atom is -0.381 e. The van der Waals surface area contributed by atoms with Crippen LogP contribution >= 0.6 is 11.6 Å². The van der Waals surface area contributed by atoms with Gasteiger partial charge in [0.05, 0.1) is 5.02 Å². The van der Waals surface area contributed by atoms with Gasteiger partial charge in [-0.05, 0) is 42.0 Å². The van der Waals surface area contributed by atoms with Crippen LogP contribution in [0.4, 0.5) is 15.8 Å². The molecule has 0 spiro atoms. The second-order valence-electron chi connectivity index (χ2n) is 4.36. The average Bonchev–Trinajstić information content (AvgIpc) is 2.41. The maximum Gasteiger partial charge on any atom is 0.221 e. The fourth-order valence-corrected chi connectivity index (χ4v) is 1.85. The summed E-state index contributed by atoms with van der Waals surface area (Å²) in [6.07, 6.45) is 0. The normalized spacial score (nSPS) is 10.2. The van der Waals surface area contributed by atoms with E-state index in [1.165, 1.54) is 19.1 Å². The molecule has 0 unspecified atom stereocenters. The first kappa shape index (κ1) is 14.3. The fourth-order valence-electron chi connectivity index (χ4n) is 1.73. The topological polar surface area (TPSA) is 41.1 Å². The lowest BCUT2D eigenvalue weighted by atomic mass is 10.2. The second kappa shape index (κ2) is 6.39. The Morgan fingerprint density at radius 1 is 1.15 bits per heavy atom. The van der Waals surface area contributed by atoms with E-state index in [1.54, 1.807) is 18.2 Å². The highest BCUT2D eigenvalue weighted by atomic mass is 35.5. The van der Waals surface area contributed by atoms with Crippen LogP contribution in [-0.2, 0) is 11.3 Å². The van der Waals surface area contributed by atoms with Crippen molar-refractivity contribution in [2.45, 2.75) is 13.5 Å². The maximum absolute atomic E-state index is 13.3. The zero-order chi connectivity index (χ0) is 14.5. The molecule has 0 heterocycles. The number of carbonyl (C=O) groups excluding carboxylic acids is 1. The number of hydrogen-bond acceptors (Lipinski definition) is 2. The molecule has 0 saturated heterocycles. The zero-order valence-corrected chi connectivity index (χ0v) is 11.7. The number of amides is 1. The molecule has 2 aromatic carbocycles. The van der Waals surface area contributed by atoms with Crippen molar-refractivity contribution in [2.75, 3.05) is 10.6 Å². The van der Waals surface area contributed by atoms with E-state index in [0.717, 1.165) is 16.9 Å². The van der Waals surface area contributed by atoms with Crippen LogP contribution in [0.2, 0.25) is 5.02 Å². The predicted octanol–water partition coefficient (Wildman–Crippen LogP) is 4.05. The molecule has 0 fully saturated rings. The summed E-state index contributed by atoms with van der Waals surface area (Å²) in [4.78, 5) is 10.9. The highest BCUT2D eigenvalue weighted by Crippen LogP contribution is 2.18. The van der Waals surface area contributed by atoms with Crippen LogP contribution in [0.25, 0.3) is 0 Å². The van der Waals surface area contributed by atoms with Crippen molar-refractivity contribution in [1.29, 1.82) is 0 Å². The van der Waals surface area contributed by atoms with Gasteiger partial charge in [0.15, 0.2) is 0 Å². The number of halogens is 2. The largest absolute Gasteiger partial charge is 0.381 e. The molecular weight excluding hydrogens is 279 g/mol. The maximum atomic E-state index is 13.3. The van der Waals surface area contributed by atoms with Crippen molar-refractivity contribution in [3.8, 4) is 0 Å². The smallest absolute Gasteiger partial charge is 0.221 e. The van der Waals surface area contributed by atoms with E-state index < -0.39 is 5.82 Å². The van der Waals surface area contributed by atoms with Crippen LogP contribution in [0, 0.1) is 5.82 Å². The van der Waals surface area contributed by atoms with Crippen molar-refractivity contribution in [1.82, 2.24) is 0 Å². The zero-order valence-electron chi connectivity index (χ0n) is 10.9. The Balaban J connectivity index is 1.96. The van der Waals surface area contributed by atoms with Gasteiger partial charge in [-0.2, -0.15) is 0 Å². The number of nitrogens with one attached hydrogen (secondary N) is 2. The van der Waals surface area contributed by atoms with Crippen LogP contribution in [0.3, 0.4) is 0 Å². The van der Waals surface area contributed by atoms with Gasteiger partial charge in [-0.25, -0.2) is 4.39 Å². The molecule has 0 bridgehead atoms. The first-order valence-electron chi connectivity index (χ1n) is 6.10. The number of anilines is 2. The molecule has 104 valence electrons. The number of hydrogen-bond donors (Lipinski definition) is 2. The van der Waals surface area contributed by atoms with Crippen LogP contribution in [-0.4, -0.2) is 5.91 Å². The average molecular weight is 293 g/mol. The first-order valence-corrected chi connectivity index (χ1v) is 6.48. The summed E-state index contributed by atoms with van der Waals surface area (Å²) in [7, 11) is 0. The fraction of sp³-hybridized carbons (Fsp3) is 0.133. The van der Waals surface area contributed by atoms with Crippen LogP contribution in [0.15, 0.2) is 42.5 Å². The Labute approximate surface area is 121 Å². The van der Waals surface area contributed by atoms with E-state index in [4.69, 9.17) is 11.6 Å². The molecule has 1 amide bonds. The molecule has 2 aromatic rings. The number of carbonyl (C=O) groups is 1. The molecule has 20 heavy (non-hydrogen) atoms. The van der Waals surface area contributed by atoms with Crippen LogP contribution in [0.5, 0.6) is 0 Å². The van der Waals surface area contributed by atoms with E-state index in [0.29, 0.717) is 6.54 Å². The van der Waals surface area contributed by atoms with Crippen LogP contribution < -0.4 is 10.6 Å². The second-order valence-corrected chi connectivity index (χ2v) is 4.77. The molecular formula is C15H14ClFN2O. The molecule has 0 aromatic heterocycles. The van der Waals surface area contributed by atoms with Gasteiger partial charge in [-0.1, -0.05) is 17.7 Å². The van der Waals surface area contributed by atoms with Gasteiger partial charge in [-0.15, -0.1) is 0 Å². The van der Waals surface area contributed by atoms with Gasteiger partial charge in [0.25, 0.3) is 0 Å². The third-order valence-electron chi connectivity index (χ3n) is 2.69. The minimum absolute atomic E-state index is 0.109. The molecule has 3 nitrogen and oxygen atoms in total. The van der Waals surface area contributed by atoms with Gasteiger partial charge in [0, 0.05) is 24.8 Å². The third-order valence-corrected chi connectivity index (χ3v) is 2.99. The Kier molecular flexibility index (Phi) is 4.58. The highest BCUT2D eigenvalue weighted by molar-refractivity contribution is 6.30. The summed E-state index contributed by atoms with van der Waals surface area (Å²) in [6.45, 7) is 1.95. The van der Waals surface area contributed by atoms with Crippen molar-refractivity contribution in [3.63, 3.8) is 0 Å². The summed E-state index contributed by atoms with van der Waals surface area (Å²) in [6, 6.07) is 12.0. The minimum atomic E-state index is -0.424. The quantitative estimate of drug-likeness (QED) is 0.892. The SMILES string of the molecule is CC(=O)Nc1ccc(NCc2ccc(Cl)c(F)c2)cc1. The van der Waals surface area contributed by atoms with E-state index in [2.05, 4.69) is 10.6 Å². The molecule has 2 rings (SSSR count). The summed E-state index contributed by atoms with van der Waals surface area (Å²) in [5.74, 6) is -0.533. The van der Waals surface area contributed by atoms with Gasteiger partial charge in [-0.3, -0.25) is 4.79 Å². The molecule has 0 atom stereocenters. The van der Waals surface area contributed by atoms with Crippen molar-refractivity contribution in [3.05, 3.63) is 58.9 Å². The van der Waals surface area contributed by atoms with Gasteiger partial charge >= 0.3 is 0 Å². The Hall–Kier alpha value is -2.07.